The summed E-state index contributed by atoms with van der Waals surface area (Å²) < 4.78 is 0.753. The summed E-state index contributed by atoms with van der Waals surface area (Å²) in [4.78, 5) is 5.15. The predicted molar refractivity (Wildman–Crippen MR) is 57.3 cm³/mol. The van der Waals surface area contributed by atoms with Gasteiger partial charge in [-0.15, -0.1) is 5.23 Å². The summed E-state index contributed by atoms with van der Waals surface area (Å²) in [5.41, 5.74) is 1.14. The fraction of sp³-hybridized carbons (Fsp3) is 0.222. The van der Waals surface area contributed by atoms with Crippen LogP contribution in [0.1, 0.15) is 18.1 Å². The van der Waals surface area contributed by atoms with Gasteiger partial charge in [-0.2, -0.15) is 0 Å². The molecule has 5 nitrogen and oxygen atoms in total. The SMILES string of the molecule is ON(O)c1cccc(C2CC(Br)=NO2)c1. The molecule has 0 saturated carbocycles. The first-order chi connectivity index (χ1) is 7.16. The number of rotatable bonds is 2. The van der Waals surface area contributed by atoms with E-state index in [4.69, 9.17) is 15.3 Å². The van der Waals surface area contributed by atoms with Crippen LogP contribution in [0.15, 0.2) is 29.4 Å². The third kappa shape index (κ3) is 2.28. The van der Waals surface area contributed by atoms with Gasteiger partial charge in [0.25, 0.3) is 0 Å². The lowest BCUT2D eigenvalue weighted by Gasteiger charge is -2.12. The molecule has 0 spiro atoms. The number of hydrogen-bond donors (Lipinski definition) is 2. The van der Waals surface area contributed by atoms with Crippen molar-refractivity contribution in [2.75, 3.05) is 5.23 Å². The van der Waals surface area contributed by atoms with E-state index in [1.54, 1.807) is 18.2 Å². The Morgan fingerprint density at radius 2 is 2.27 bits per heavy atom. The van der Waals surface area contributed by atoms with E-state index in [2.05, 4.69) is 21.1 Å². The lowest BCUT2D eigenvalue weighted by Crippen LogP contribution is -2.11. The monoisotopic (exact) mass is 272 g/mol. The molecule has 0 radical (unpaired) electrons. The first kappa shape index (κ1) is 10.4. The molecule has 1 aliphatic heterocycles. The van der Waals surface area contributed by atoms with E-state index in [9.17, 15) is 0 Å². The zero-order valence-corrected chi connectivity index (χ0v) is 9.25. The van der Waals surface area contributed by atoms with Crippen molar-refractivity contribution in [2.24, 2.45) is 5.16 Å². The average Bonchev–Trinajstić information content (AvgIpc) is 2.65. The van der Waals surface area contributed by atoms with Crippen LogP contribution in [0.25, 0.3) is 0 Å². The van der Waals surface area contributed by atoms with Gasteiger partial charge < -0.3 is 4.84 Å². The van der Waals surface area contributed by atoms with Crippen LogP contribution in [0.4, 0.5) is 5.69 Å². The summed E-state index contributed by atoms with van der Waals surface area (Å²) in [6.45, 7) is 0. The summed E-state index contributed by atoms with van der Waals surface area (Å²) in [6.07, 6.45) is 0.486. The zero-order chi connectivity index (χ0) is 10.8. The highest BCUT2D eigenvalue weighted by Gasteiger charge is 2.21. The van der Waals surface area contributed by atoms with Gasteiger partial charge in [0.05, 0.1) is 5.69 Å². The largest absolute Gasteiger partial charge is 0.386 e. The van der Waals surface area contributed by atoms with Crippen LogP contribution in [0.5, 0.6) is 0 Å². The number of nitrogens with zero attached hydrogens (tertiary/aromatic N) is 2. The van der Waals surface area contributed by atoms with Crippen LogP contribution < -0.4 is 5.23 Å². The van der Waals surface area contributed by atoms with Gasteiger partial charge >= 0.3 is 0 Å². The molecule has 0 aliphatic carbocycles. The Morgan fingerprint density at radius 3 is 2.87 bits per heavy atom. The molecule has 1 atom stereocenters. The molecule has 1 aliphatic rings. The third-order valence-electron chi connectivity index (χ3n) is 2.11. The molecule has 6 heteroatoms. The lowest BCUT2D eigenvalue weighted by atomic mass is 10.1. The van der Waals surface area contributed by atoms with Crippen LogP contribution in [0, 0.1) is 0 Å². The maximum absolute atomic E-state index is 8.85. The van der Waals surface area contributed by atoms with Gasteiger partial charge in [-0.05, 0) is 33.6 Å². The highest BCUT2D eigenvalue weighted by Crippen LogP contribution is 2.30. The molecule has 1 unspecified atom stereocenters. The van der Waals surface area contributed by atoms with E-state index >= 15 is 0 Å². The highest BCUT2D eigenvalue weighted by molar-refractivity contribution is 9.18. The molecule has 2 N–H and O–H groups in total. The molecule has 1 aromatic carbocycles. The quantitative estimate of drug-likeness (QED) is 0.812. The number of halogens is 1. The molecule has 2 rings (SSSR count). The number of anilines is 1. The highest BCUT2D eigenvalue weighted by atomic mass is 79.9. The van der Waals surface area contributed by atoms with Crippen LogP contribution >= 0.6 is 15.9 Å². The normalized spacial score (nSPS) is 19.7. The maximum atomic E-state index is 8.85. The van der Waals surface area contributed by atoms with Crippen molar-refractivity contribution >= 4 is 26.2 Å². The molecule has 0 aromatic heterocycles. The topological polar surface area (TPSA) is 65.3 Å². The van der Waals surface area contributed by atoms with Crippen molar-refractivity contribution in [3.8, 4) is 0 Å². The molecule has 1 heterocycles. The fourth-order valence-electron chi connectivity index (χ4n) is 1.38. The number of benzene rings is 1. The van der Waals surface area contributed by atoms with Gasteiger partial charge in [-0.3, -0.25) is 10.4 Å². The Bertz CT molecular complexity index is 395. The molecular weight excluding hydrogens is 264 g/mol. The summed E-state index contributed by atoms with van der Waals surface area (Å²) in [7, 11) is 0. The van der Waals surface area contributed by atoms with Gasteiger partial charge in [0.2, 0.25) is 0 Å². The van der Waals surface area contributed by atoms with Crippen LogP contribution in [-0.2, 0) is 4.84 Å². The van der Waals surface area contributed by atoms with Crippen molar-refractivity contribution < 1.29 is 15.3 Å². The number of oxime groups is 1. The van der Waals surface area contributed by atoms with Crippen molar-refractivity contribution in [1.29, 1.82) is 0 Å². The van der Waals surface area contributed by atoms with Gasteiger partial charge in [0.15, 0.2) is 6.10 Å². The van der Waals surface area contributed by atoms with Crippen LogP contribution in [0.3, 0.4) is 0 Å². The molecule has 80 valence electrons. The standard InChI is InChI=1S/C9H9BrN2O3/c10-9-5-8(15-11-9)6-2-1-3-7(4-6)12(13)14/h1-4,8,13-14H,5H2. The second-order valence-electron chi connectivity index (χ2n) is 3.15. The number of hydrogen-bond acceptors (Lipinski definition) is 5. The zero-order valence-electron chi connectivity index (χ0n) is 7.67. The minimum Gasteiger partial charge on any atom is -0.386 e. The molecule has 0 amide bonds. The first-order valence-corrected chi connectivity index (χ1v) is 5.12. The van der Waals surface area contributed by atoms with Crippen LogP contribution in [-0.4, -0.2) is 15.0 Å². The summed E-state index contributed by atoms with van der Waals surface area (Å²) in [5, 5.41) is 21.5. The Labute approximate surface area is 94.6 Å². The smallest absolute Gasteiger partial charge is 0.158 e. The van der Waals surface area contributed by atoms with E-state index in [0.29, 0.717) is 12.1 Å². The minimum absolute atomic E-state index is 0.0777. The molecule has 1 aromatic rings. The van der Waals surface area contributed by atoms with Crippen molar-refractivity contribution in [2.45, 2.75) is 12.5 Å². The Hall–Kier alpha value is -1.11. The van der Waals surface area contributed by atoms with E-state index in [1.807, 2.05) is 6.07 Å². The lowest BCUT2D eigenvalue weighted by molar-refractivity contribution is 0.0289. The molecule has 15 heavy (non-hydrogen) atoms. The minimum atomic E-state index is -0.167. The molecule has 0 bridgehead atoms. The Morgan fingerprint density at radius 1 is 1.47 bits per heavy atom. The average molecular weight is 273 g/mol. The van der Waals surface area contributed by atoms with Crippen molar-refractivity contribution in [3.63, 3.8) is 0 Å². The maximum Gasteiger partial charge on any atom is 0.158 e. The van der Waals surface area contributed by atoms with Crippen LogP contribution in [0.2, 0.25) is 0 Å². The van der Waals surface area contributed by atoms with Gasteiger partial charge in [0, 0.05) is 6.42 Å². The predicted octanol–water partition coefficient (Wildman–Crippen LogP) is 2.44. The van der Waals surface area contributed by atoms with Crippen molar-refractivity contribution in [1.82, 2.24) is 0 Å². The van der Waals surface area contributed by atoms with E-state index < -0.39 is 0 Å². The summed E-state index contributed by atoms with van der Waals surface area (Å²) in [6, 6.07) is 6.78. The van der Waals surface area contributed by atoms with Gasteiger partial charge in [-0.25, -0.2) is 0 Å². The molecule has 0 saturated heterocycles. The van der Waals surface area contributed by atoms with Crippen molar-refractivity contribution in [3.05, 3.63) is 29.8 Å². The second-order valence-corrected chi connectivity index (χ2v) is 4.07. The summed E-state index contributed by atoms with van der Waals surface area (Å²) >= 11 is 3.24. The van der Waals surface area contributed by atoms with E-state index in [-0.39, 0.29) is 11.3 Å². The molecular formula is C9H9BrN2O3. The second kappa shape index (κ2) is 4.18. The Kier molecular flexibility index (Phi) is 2.90. The fourth-order valence-corrected chi connectivity index (χ4v) is 1.75. The van der Waals surface area contributed by atoms with Gasteiger partial charge in [0.1, 0.15) is 4.62 Å². The summed E-state index contributed by atoms with van der Waals surface area (Å²) in [5.74, 6) is 0. The Balaban J connectivity index is 2.19. The first-order valence-electron chi connectivity index (χ1n) is 4.33. The molecule has 0 fully saturated rings. The third-order valence-corrected chi connectivity index (χ3v) is 2.57. The van der Waals surface area contributed by atoms with Gasteiger partial charge in [-0.1, -0.05) is 17.3 Å². The van der Waals surface area contributed by atoms with E-state index in [0.717, 1.165) is 10.2 Å². The van der Waals surface area contributed by atoms with E-state index in [1.165, 1.54) is 0 Å².